The van der Waals surface area contributed by atoms with E-state index in [1.807, 2.05) is 24.3 Å². The lowest BCUT2D eigenvalue weighted by Gasteiger charge is -2.17. The van der Waals surface area contributed by atoms with Gasteiger partial charge in [-0.2, -0.15) is 0 Å². The molecule has 4 heteroatoms. The highest BCUT2D eigenvalue weighted by Gasteiger charge is 2.44. The first kappa shape index (κ1) is 15.1. The summed E-state index contributed by atoms with van der Waals surface area (Å²) in [4.78, 5) is 12.0. The van der Waals surface area contributed by atoms with Gasteiger partial charge in [-0.15, -0.1) is 0 Å². The number of rotatable bonds is 4. The van der Waals surface area contributed by atoms with Crippen LogP contribution in [-0.4, -0.2) is 12.6 Å². The van der Waals surface area contributed by atoms with E-state index in [-0.39, 0.29) is 11.4 Å². The number of nitrogens with one attached hydrogen (secondary N) is 2. The number of amides is 2. The summed E-state index contributed by atoms with van der Waals surface area (Å²) in [5.74, 6) is 0. The number of aryl methyl sites for hydroxylation is 1. The second-order valence-corrected chi connectivity index (χ2v) is 6.88. The molecular weight excluding hydrogens is 340 g/mol. The van der Waals surface area contributed by atoms with E-state index < -0.39 is 0 Å². The van der Waals surface area contributed by atoms with Crippen molar-refractivity contribution < 1.29 is 4.79 Å². The zero-order chi connectivity index (χ0) is 15.6. The Balaban J connectivity index is 1.58. The van der Waals surface area contributed by atoms with Crippen LogP contribution in [-0.2, 0) is 5.41 Å². The molecule has 1 aliphatic rings. The van der Waals surface area contributed by atoms with Gasteiger partial charge in [-0.3, -0.25) is 0 Å². The molecule has 0 atom stereocenters. The molecule has 3 nitrogen and oxygen atoms in total. The van der Waals surface area contributed by atoms with Gasteiger partial charge in [0.1, 0.15) is 0 Å². The summed E-state index contributed by atoms with van der Waals surface area (Å²) in [6, 6.07) is 16.1. The van der Waals surface area contributed by atoms with E-state index in [1.54, 1.807) is 0 Å². The van der Waals surface area contributed by atoms with Crippen LogP contribution in [0.3, 0.4) is 0 Å². The van der Waals surface area contributed by atoms with E-state index in [0.29, 0.717) is 6.54 Å². The highest BCUT2D eigenvalue weighted by atomic mass is 79.9. The third-order valence-electron chi connectivity index (χ3n) is 4.19. The predicted octanol–water partition coefficient (Wildman–Crippen LogP) is 4.61. The van der Waals surface area contributed by atoms with Crippen LogP contribution in [0.25, 0.3) is 0 Å². The average molecular weight is 359 g/mol. The average Bonchev–Trinajstić information content (AvgIpc) is 3.27. The Morgan fingerprint density at radius 1 is 1.18 bits per heavy atom. The fourth-order valence-corrected chi connectivity index (χ4v) is 3.02. The van der Waals surface area contributed by atoms with Gasteiger partial charge in [-0.05, 0) is 43.5 Å². The largest absolute Gasteiger partial charge is 0.337 e. The molecule has 0 bridgehead atoms. The summed E-state index contributed by atoms with van der Waals surface area (Å²) in [7, 11) is 0. The van der Waals surface area contributed by atoms with E-state index in [9.17, 15) is 4.79 Å². The molecule has 2 aromatic carbocycles. The molecule has 0 unspecified atom stereocenters. The molecule has 1 aliphatic carbocycles. The van der Waals surface area contributed by atoms with Crippen molar-refractivity contribution in [2.75, 3.05) is 11.9 Å². The summed E-state index contributed by atoms with van der Waals surface area (Å²) in [6.45, 7) is 2.77. The second kappa shape index (κ2) is 6.13. The van der Waals surface area contributed by atoms with Crippen LogP contribution < -0.4 is 10.6 Å². The lowest BCUT2D eigenvalue weighted by atomic mass is 9.95. The maximum Gasteiger partial charge on any atom is 0.319 e. The highest BCUT2D eigenvalue weighted by Crippen LogP contribution is 2.47. The molecule has 1 saturated carbocycles. The molecule has 3 rings (SSSR count). The molecule has 0 radical (unpaired) electrons. The van der Waals surface area contributed by atoms with E-state index in [1.165, 1.54) is 11.1 Å². The quantitative estimate of drug-likeness (QED) is 0.822. The van der Waals surface area contributed by atoms with Gasteiger partial charge in [-0.1, -0.05) is 51.8 Å². The third kappa shape index (κ3) is 3.50. The van der Waals surface area contributed by atoms with Gasteiger partial charge in [-0.25, -0.2) is 4.79 Å². The molecule has 22 heavy (non-hydrogen) atoms. The minimum atomic E-state index is -0.156. The van der Waals surface area contributed by atoms with Crippen molar-refractivity contribution in [1.29, 1.82) is 0 Å². The van der Waals surface area contributed by atoms with Crippen LogP contribution >= 0.6 is 15.9 Å². The normalized spacial score (nSPS) is 15.2. The zero-order valence-corrected chi connectivity index (χ0v) is 14.1. The molecule has 0 saturated heterocycles. The number of anilines is 1. The lowest BCUT2D eigenvalue weighted by Crippen LogP contribution is -2.35. The number of benzene rings is 2. The lowest BCUT2D eigenvalue weighted by molar-refractivity contribution is 0.251. The Kier molecular flexibility index (Phi) is 4.21. The number of hydrogen-bond acceptors (Lipinski definition) is 1. The number of hydrogen-bond donors (Lipinski definition) is 2. The van der Waals surface area contributed by atoms with E-state index in [0.717, 1.165) is 23.0 Å². The Morgan fingerprint density at radius 2 is 1.91 bits per heavy atom. The van der Waals surface area contributed by atoms with Crippen LogP contribution in [0.5, 0.6) is 0 Å². The SMILES string of the molecule is Cc1ccc(C2(CNC(=O)Nc3cccc(Br)c3)CC2)cc1. The fourth-order valence-electron chi connectivity index (χ4n) is 2.62. The summed E-state index contributed by atoms with van der Waals surface area (Å²) < 4.78 is 0.948. The van der Waals surface area contributed by atoms with E-state index in [4.69, 9.17) is 0 Å². The molecule has 0 aromatic heterocycles. The Labute approximate surface area is 139 Å². The molecule has 0 spiro atoms. The van der Waals surface area contributed by atoms with E-state index in [2.05, 4.69) is 57.8 Å². The van der Waals surface area contributed by atoms with E-state index >= 15 is 0 Å². The smallest absolute Gasteiger partial charge is 0.319 e. The fraction of sp³-hybridized carbons (Fsp3) is 0.278. The molecule has 2 N–H and O–H groups in total. The Hall–Kier alpha value is -1.81. The van der Waals surface area contributed by atoms with Crippen molar-refractivity contribution in [1.82, 2.24) is 5.32 Å². The van der Waals surface area contributed by atoms with Gasteiger partial charge in [0.05, 0.1) is 0 Å². The van der Waals surface area contributed by atoms with Crippen molar-refractivity contribution in [2.45, 2.75) is 25.2 Å². The van der Waals surface area contributed by atoms with Gasteiger partial charge in [0.2, 0.25) is 0 Å². The first-order chi connectivity index (χ1) is 10.6. The van der Waals surface area contributed by atoms with Crippen LogP contribution in [0.4, 0.5) is 10.5 Å². The Morgan fingerprint density at radius 3 is 2.55 bits per heavy atom. The maximum absolute atomic E-state index is 12.0. The predicted molar refractivity (Wildman–Crippen MR) is 93.3 cm³/mol. The van der Waals surface area contributed by atoms with Gasteiger partial charge in [0.25, 0.3) is 0 Å². The van der Waals surface area contributed by atoms with Crippen molar-refractivity contribution >= 4 is 27.6 Å². The van der Waals surface area contributed by atoms with Gasteiger partial charge < -0.3 is 10.6 Å². The second-order valence-electron chi connectivity index (χ2n) is 5.96. The molecule has 0 aliphatic heterocycles. The third-order valence-corrected chi connectivity index (χ3v) is 4.68. The van der Waals surface area contributed by atoms with Gasteiger partial charge in [0.15, 0.2) is 0 Å². The van der Waals surface area contributed by atoms with Crippen molar-refractivity contribution in [2.24, 2.45) is 0 Å². The number of halogens is 1. The Bertz CT molecular complexity index is 678. The van der Waals surface area contributed by atoms with Crippen molar-refractivity contribution in [3.05, 3.63) is 64.1 Å². The summed E-state index contributed by atoms with van der Waals surface area (Å²) in [5.41, 5.74) is 3.50. The van der Waals surface area contributed by atoms with Gasteiger partial charge >= 0.3 is 6.03 Å². The molecule has 1 fully saturated rings. The maximum atomic E-state index is 12.0. The summed E-state index contributed by atoms with van der Waals surface area (Å²) >= 11 is 3.40. The zero-order valence-electron chi connectivity index (χ0n) is 12.5. The first-order valence-corrected chi connectivity index (χ1v) is 8.24. The first-order valence-electron chi connectivity index (χ1n) is 7.45. The molecule has 114 valence electrons. The van der Waals surface area contributed by atoms with Crippen LogP contribution in [0.1, 0.15) is 24.0 Å². The number of carbonyl (C=O) groups excluding carboxylic acids is 1. The number of urea groups is 1. The number of carbonyl (C=O) groups is 1. The van der Waals surface area contributed by atoms with Crippen LogP contribution in [0.15, 0.2) is 53.0 Å². The van der Waals surface area contributed by atoms with Crippen LogP contribution in [0, 0.1) is 6.92 Å². The summed E-state index contributed by atoms with van der Waals surface area (Å²) in [5, 5.41) is 5.86. The molecule has 2 aromatic rings. The minimum absolute atomic E-state index is 0.127. The van der Waals surface area contributed by atoms with Crippen molar-refractivity contribution in [3.63, 3.8) is 0 Å². The summed E-state index contributed by atoms with van der Waals surface area (Å²) in [6.07, 6.45) is 2.26. The molecule has 2 amide bonds. The van der Waals surface area contributed by atoms with Crippen LogP contribution in [0.2, 0.25) is 0 Å². The minimum Gasteiger partial charge on any atom is -0.337 e. The highest BCUT2D eigenvalue weighted by molar-refractivity contribution is 9.10. The van der Waals surface area contributed by atoms with Crippen molar-refractivity contribution in [3.8, 4) is 0 Å². The standard InChI is InChI=1S/C18H19BrN2O/c1-13-5-7-14(8-6-13)18(9-10-18)12-20-17(22)21-16-4-2-3-15(19)11-16/h2-8,11H,9-10,12H2,1H3,(H2,20,21,22). The molecule has 0 heterocycles. The monoisotopic (exact) mass is 358 g/mol. The molecular formula is C18H19BrN2O. The van der Waals surface area contributed by atoms with Gasteiger partial charge in [0, 0.05) is 22.1 Å². The topological polar surface area (TPSA) is 41.1 Å².